The minimum absolute atomic E-state index is 0.0547. The van der Waals surface area contributed by atoms with Gasteiger partial charge in [0.15, 0.2) is 0 Å². The first-order chi connectivity index (χ1) is 10.2. The molecule has 0 radical (unpaired) electrons. The Morgan fingerprint density at radius 3 is 2.52 bits per heavy atom. The fourth-order valence-electron chi connectivity index (χ4n) is 2.75. The van der Waals surface area contributed by atoms with E-state index in [1.807, 2.05) is 41.9 Å². The van der Waals surface area contributed by atoms with Crippen LogP contribution < -0.4 is 5.32 Å². The van der Waals surface area contributed by atoms with Crippen LogP contribution in [0.25, 0.3) is 5.69 Å². The van der Waals surface area contributed by atoms with E-state index in [1.54, 1.807) is 0 Å². The molecule has 1 N–H and O–H groups in total. The number of benzene rings is 1. The molecular weight excluding hydrogens is 262 g/mol. The molecule has 2 aliphatic rings. The van der Waals surface area contributed by atoms with Crippen LogP contribution in [0.15, 0.2) is 30.3 Å². The van der Waals surface area contributed by atoms with Crippen LogP contribution in [0.5, 0.6) is 0 Å². The number of carbonyl (C=O) groups excluding carboxylic acids is 1. The molecule has 0 unspecified atom stereocenters. The van der Waals surface area contributed by atoms with E-state index in [2.05, 4.69) is 5.32 Å². The second-order valence-corrected chi connectivity index (χ2v) is 6.12. The van der Waals surface area contributed by atoms with Gasteiger partial charge in [-0.25, -0.2) is 4.68 Å². The van der Waals surface area contributed by atoms with E-state index < -0.39 is 0 Å². The highest BCUT2D eigenvalue weighted by atomic mass is 16.1. The first kappa shape index (κ1) is 12.6. The van der Waals surface area contributed by atoms with Crippen LogP contribution in [0.3, 0.4) is 0 Å². The normalized spacial score (nSPS) is 17.8. The van der Waals surface area contributed by atoms with Crippen LogP contribution in [0.4, 0.5) is 0 Å². The molecule has 1 aromatic carbocycles. The summed E-state index contributed by atoms with van der Waals surface area (Å²) in [6.07, 6.45) is 4.51. The molecule has 0 saturated heterocycles. The third-order valence-corrected chi connectivity index (χ3v) is 4.25. The van der Waals surface area contributed by atoms with Gasteiger partial charge in [0.2, 0.25) is 0 Å². The van der Waals surface area contributed by atoms with Crippen molar-refractivity contribution in [2.75, 3.05) is 0 Å². The Morgan fingerprint density at radius 2 is 1.90 bits per heavy atom. The summed E-state index contributed by atoms with van der Waals surface area (Å²) in [7, 11) is 0. The van der Waals surface area contributed by atoms with Crippen molar-refractivity contribution < 1.29 is 4.79 Å². The lowest BCUT2D eigenvalue weighted by Crippen LogP contribution is -2.26. The van der Waals surface area contributed by atoms with E-state index in [0.717, 1.165) is 48.3 Å². The van der Waals surface area contributed by atoms with Crippen molar-refractivity contribution in [3.05, 3.63) is 47.3 Å². The minimum Gasteiger partial charge on any atom is -0.349 e. The third kappa shape index (κ3) is 2.35. The zero-order chi connectivity index (χ0) is 14.4. The zero-order valence-electron chi connectivity index (χ0n) is 12.2. The summed E-state index contributed by atoms with van der Waals surface area (Å²) in [5.41, 5.74) is 3.74. The molecule has 1 amide bonds. The van der Waals surface area contributed by atoms with Gasteiger partial charge < -0.3 is 5.32 Å². The van der Waals surface area contributed by atoms with Gasteiger partial charge in [-0.15, -0.1) is 0 Å². The number of nitrogens with zero attached hydrogens (tertiary/aromatic N) is 2. The molecule has 4 rings (SSSR count). The standard InChI is InChI=1S/C17H19N3O/c1-11-15(17(21)18-13-9-10-13)16(12-7-8-12)19-20(11)14-5-3-2-4-6-14/h2-6,12-13H,7-10H2,1H3,(H,18,21). The summed E-state index contributed by atoms with van der Waals surface area (Å²) in [5, 5.41) is 7.85. The molecule has 108 valence electrons. The van der Waals surface area contributed by atoms with Crippen LogP contribution in [0.1, 0.15) is 53.3 Å². The summed E-state index contributed by atoms with van der Waals surface area (Å²) in [4.78, 5) is 12.5. The van der Waals surface area contributed by atoms with Crippen LogP contribution in [0.2, 0.25) is 0 Å². The quantitative estimate of drug-likeness (QED) is 0.936. The second kappa shape index (κ2) is 4.72. The zero-order valence-corrected chi connectivity index (χ0v) is 12.2. The van der Waals surface area contributed by atoms with E-state index >= 15 is 0 Å². The molecule has 0 aliphatic heterocycles. The highest BCUT2D eigenvalue weighted by Crippen LogP contribution is 2.42. The van der Waals surface area contributed by atoms with Gasteiger partial charge >= 0.3 is 0 Å². The van der Waals surface area contributed by atoms with Gasteiger partial charge in [-0.2, -0.15) is 5.10 Å². The summed E-state index contributed by atoms with van der Waals surface area (Å²) < 4.78 is 1.91. The highest BCUT2D eigenvalue weighted by Gasteiger charge is 2.35. The summed E-state index contributed by atoms with van der Waals surface area (Å²) in [6, 6.07) is 10.4. The number of carbonyl (C=O) groups is 1. The number of hydrogen-bond donors (Lipinski definition) is 1. The molecule has 0 atom stereocenters. The molecule has 4 heteroatoms. The molecular formula is C17H19N3O. The smallest absolute Gasteiger partial charge is 0.255 e. The van der Waals surface area contributed by atoms with Crippen LogP contribution in [0, 0.1) is 6.92 Å². The predicted molar refractivity (Wildman–Crippen MR) is 80.8 cm³/mol. The van der Waals surface area contributed by atoms with E-state index in [4.69, 9.17) is 5.10 Å². The van der Waals surface area contributed by atoms with E-state index in [9.17, 15) is 4.79 Å². The molecule has 1 aromatic heterocycles. The van der Waals surface area contributed by atoms with Crippen molar-refractivity contribution in [1.29, 1.82) is 0 Å². The van der Waals surface area contributed by atoms with Crippen molar-refractivity contribution in [2.24, 2.45) is 0 Å². The lowest BCUT2D eigenvalue weighted by molar-refractivity contribution is 0.0949. The predicted octanol–water partition coefficient (Wildman–Crippen LogP) is 2.95. The summed E-state index contributed by atoms with van der Waals surface area (Å²) in [6.45, 7) is 1.99. The molecule has 2 aromatic rings. The van der Waals surface area contributed by atoms with E-state index in [1.165, 1.54) is 0 Å². The van der Waals surface area contributed by atoms with E-state index in [0.29, 0.717) is 12.0 Å². The topological polar surface area (TPSA) is 46.9 Å². The van der Waals surface area contributed by atoms with Crippen molar-refractivity contribution >= 4 is 5.91 Å². The van der Waals surface area contributed by atoms with Crippen molar-refractivity contribution in [3.8, 4) is 5.69 Å². The molecule has 2 aliphatic carbocycles. The molecule has 2 saturated carbocycles. The van der Waals surface area contributed by atoms with Crippen LogP contribution >= 0.6 is 0 Å². The average Bonchev–Trinajstić information content (AvgIpc) is 3.39. The summed E-state index contributed by atoms with van der Waals surface area (Å²) >= 11 is 0. The lowest BCUT2D eigenvalue weighted by Gasteiger charge is -2.06. The van der Waals surface area contributed by atoms with Crippen molar-refractivity contribution in [1.82, 2.24) is 15.1 Å². The number of nitrogens with one attached hydrogen (secondary N) is 1. The maximum absolute atomic E-state index is 12.5. The van der Waals surface area contributed by atoms with Crippen molar-refractivity contribution in [2.45, 2.75) is 44.6 Å². The number of rotatable bonds is 4. The van der Waals surface area contributed by atoms with Gasteiger partial charge in [0.1, 0.15) is 0 Å². The van der Waals surface area contributed by atoms with Gasteiger partial charge in [0, 0.05) is 12.0 Å². The first-order valence-corrected chi connectivity index (χ1v) is 7.70. The Morgan fingerprint density at radius 1 is 1.19 bits per heavy atom. The van der Waals surface area contributed by atoms with Gasteiger partial charge in [0.05, 0.1) is 22.6 Å². The fourth-order valence-corrected chi connectivity index (χ4v) is 2.75. The Labute approximate surface area is 124 Å². The Kier molecular flexibility index (Phi) is 2.84. The third-order valence-electron chi connectivity index (χ3n) is 4.25. The molecule has 0 bridgehead atoms. The lowest BCUT2D eigenvalue weighted by atomic mass is 10.1. The number of amides is 1. The molecule has 4 nitrogen and oxygen atoms in total. The van der Waals surface area contributed by atoms with Crippen molar-refractivity contribution in [3.63, 3.8) is 0 Å². The summed E-state index contributed by atoms with van der Waals surface area (Å²) in [5.74, 6) is 0.521. The SMILES string of the molecule is Cc1c(C(=O)NC2CC2)c(C2CC2)nn1-c1ccccc1. The number of hydrogen-bond acceptors (Lipinski definition) is 2. The van der Waals surface area contributed by atoms with Gasteiger partial charge in [-0.05, 0) is 44.7 Å². The second-order valence-electron chi connectivity index (χ2n) is 6.12. The van der Waals surface area contributed by atoms with Gasteiger partial charge in [0.25, 0.3) is 5.91 Å². The molecule has 0 spiro atoms. The monoisotopic (exact) mass is 281 g/mol. The van der Waals surface area contributed by atoms with Gasteiger partial charge in [-0.1, -0.05) is 18.2 Å². The van der Waals surface area contributed by atoms with Crippen LogP contribution in [-0.4, -0.2) is 21.7 Å². The fraction of sp³-hybridized carbons (Fsp3) is 0.412. The molecule has 21 heavy (non-hydrogen) atoms. The Hall–Kier alpha value is -2.10. The number of para-hydroxylation sites is 1. The minimum atomic E-state index is 0.0547. The maximum Gasteiger partial charge on any atom is 0.255 e. The Balaban J connectivity index is 1.77. The number of aromatic nitrogens is 2. The maximum atomic E-state index is 12.5. The van der Waals surface area contributed by atoms with Crippen LogP contribution in [-0.2, 0) is 0 Å². The van der Waals surface area contributed by atoms with E-state index in [-0.39, 0.29) is 5.91 Å². The van der Waals surface area contributed by atoms with Gasteiger partial charge in [-0.3, -0.25) is 4.79 Å². The average molecular weight is 281 g/mol. The first-order valence-electron chi connectivity index (χ1n) is 7.70. The molecule has 2 fully saturated rings. The largest absolute Gasteiger partial charge is 0.349 e. The Bertz CT molecular complexity index is 682. The molecule has 1 heterocycles. The highest BCUT2D eigenvalue weighted by molar-refractivity contribution is 5.97.